The predicted molar refractivity (Wildman–Crippen MR) is 57.3 cm³/mol. The molecule has 1 aromatic heterocycles. The number of anilines is 1. The lowest BCUT2D eigenvalue weighted by Gasteiger charge is -2.35. The smallest absolute Gasteiger partial charge is 0.200 e. The summed E-state index contributed by atoms with van der Waals surface area (Å²) in [6.07, 6.45) is 6.01. The van der Waals surface area contributed by atoms with Crippen LogP contribution in [0.3, 0.4) is 0 Å². The van der Waals surface area contributed by atoms with Crippen molar-refractivity contribution in [3.8, 4) is 0 Å². The summed E-state index contributed by atoms with van der Waals surface area (Å²) in [5.74, 6) is 0.895. The van der Waals surface area contributed by atoms with Crippen LogP contribution in [0, 0.1) is 0 Å². The molecule has 2 N–H and O–H groups in total. The van der Waals surface area contributed by atoms with Crippen LogP contribution in [0.2, 0.25) is 0 Å². The average molecular weight is 194 g/mol. The maximum Gasteiger partial charge on any atom is 0.200 e. The van der Waals surface area contributed by atoms with Crippen LogP contribution < -0.4 is 5.32 Å². The Morgan fingerprint density at radius 3 is 3.14 bits per heavy atom. The summed E-state index contributed by atoms with van der Waals surface area (Å²) in [5.41, 5.74) is 0. The van der Waals surface area contributed by atoms with Gasteiger partial charge in [-0.05, 0) is 26.8 Å². The third-order valence-electron chi connectivity index (χ3n) is 3.05. The fourth-order valence-electron chi connectivity index (χ4n) is 1.96. The van der Waals surface area contributed by atoms with Gasteiger partial charge in [0.2, 0.25) is 0 Å². The molecular weight excluding hydrogens is 176 g/mol. The summed E-state index contributed by atoms with van der Waals surface area (Å²) in [4.78, 5) is 9.65. The molecule has 1 aliphatic heterocycles. The number of hydrogen-bond donors (Lipinski definition) is 2. The van der Waals surface area contributed by atoms with Crippen LogP contribution in [0.5, 0.6) is 0 Å². The molecule has 0 radical (unpaired) electrons. The van der Waals surface area contributed by atoms with Crippen LogP contribution in [0.1, 0.15) is 19.8 Å². The average Bonchev–Trinajstić information content (AvgIpc) is 2.64. The van der Waals surface area contributed by atoms with Crippen molar-refractivity contribution in [2.75, 3.05) is 18.9 Å². The second-order valence-electron chi connectivity index (χ2n) is 4.13. The zero-order valence-corrected chi connectivity index (χ0v) is 8.83. The van der Waals surface area contributed by atoms with Gasteiger partial charge in [-0.25, -0.2) is 4.98 Å². The van der Waals surface area contributed by atoms with Gasteiger partial charge in [-0.1, -0.05) is 0 Å². The molecule has 0 bridgehead atoms. The Hall–Kier alpha value is -1.03. The predicted octanol–water partition coefficient (Wildman–Crippen LogP) is 1.30. The molecule has 14 heavy (non-hydrogen) atoms. The van der Waals surface area contributed by atoms with Crippen LogP contribution in [-0.2, 0) is 0 Å². The first-order valence-corrected chi connectivity index (χ1v) is 5.22. The van der Waals surface area contributed by atoms with E-state index >= 15 is 0 Å². The second kappa shape index (κ2) is 4.00. The van der Waals surface area contributed by atoms with Crippen LogP contribution in [-0.4, -0.2) is 40.5 Å². The van der Waals surface area contributed by atoms with Gasteiger partial charge in [0.05, 0.1) is 0 Å². The third kappa shape index (κ3) is 2.07. The number of likely N-dealkylation sites (tertiary alicyclic amines) is 1. The molecular formula is C10H18N4. The number of hydrogen-bond acceptors (Lipinski definition) is 3. The molecule has 1 fully saturated rings. The quantitative estimate of drug-likeness (QED) is 0.746. The Morgan fingerprint density at radius 1 is 1.64 bits per heavy atom. The van der Waals surface area contributed by atoms with E-state index < -0.39 is 0 Å². The molecule has 1 saturated heterocycles. The van der Waals surface area contributed by atoms with E-state index in [1.54, 1.807) is 6.20 Å². The molecule has 2 heterocycles. The fraction of sp³-hybridized carbons (Fsp3) is 0.700. The van der Waals surface area contributed by atoms with Crippen molar-refractivity contribution in [1.82, 2.24) is 14.9 Å². The SMILES string of the molecule is CC1CC(Nc2ncc[nH]2)CCN1C. The van der Waals surface area contributed by atoms with E-state index in [2.05, 4.69) is 34.2 Å². The first kappa shape index (κ1) is 9.52. The number of imidazole rings is 1. The molecule has 4 heteroatoms. The van der Waals surface area contributed by atoms with Gasteiger partial charge in [-0.3, -0.25) is 0 Å². The molecule has 0 aromatic carbocycles. The van der Waals surface area contributed by atoms with E-state index in [4.69, 9.17) is 0 Å². The summed E-state index contributed by atoms with van der Waals surface area (Å²) in [5, 5.41) is 3.42. The Bertz CT molecular complexity index is 270. The maximum absolute atomic E-state index is 4.17. The lowest BCUT2D eigenvalue weighted by molar-refractivity contribution is 0.190. The minimum atomic E-state index is 0.562. The van der Waals surface area contributed by atoms with Gasteiger partial charge < -0.3 is 15.2 Å². The van der Waals surface area contributed by atoms with Gasteiger partial charge in [-0.15, -0.1) is 0 Å². The van der Waals surface area contributed by atoms with Crippen LogP contribution >= 0.6 is 0 Å². The number of aromatic nitrogens is 2. The number of H-pyrrole nitrogens is 1. The summed E-state index contributed by atoms with van der Waals surface area (Å²) in [6.45, 7) is 3.44. The highest BCUT2D eigenvalue weighted by Crippen LogP contribution is 2.17. The van der Waals surface area contributed by atoms with Gasteiger partial charge in [0.15, 0.2) is 5.95 Å². The fourth-order valence-corrected chi connectivity index (χ4v) is 1.96. The molecule has 4 nitrogen and oxygen atoms in total. The van der Waals surface area contributed by atoms with Crippen molar-refractivity contribution in [2.24, 2.45) is 0 Å². The molecule has 0 saturated carbocycles. The Kier molecular flexibility index (Phi) is 2.72. The minimum Gasteiger partial charge on any atom is -0.353 e. The summed E-state index contributed by atoms with van der Waals surface area (Å²) < 4.78 is 0. The third-order valence-corrected chi connectivity index (χ3v) is 3.05. The van der Waals surface area contributed by atoms with E-state index in [0.29, 0.717) is 12.1 Å². The number of nitrogens with one attached hydrogen (secondary N) is 2. The molecule has 2 rings (SSSR count). The van der Waals surface area contributed by atoms with Gasteiger partial charge in [-0.2, -0.15) is 0 Å². The van der Waals surface area contributed by atoms with Crippen molar-refractivity contribution in [1.29, 1.82) is 0 Å². The highest BCUT2D eigenvalue weighted by molar-refractivity contribution is 5.25. The van der Waals surface area contributed by atoms with E-state index in [9.17, 15) is 0 Å². The molecule has 0 amide bonds. The van der Waals surface area contributed by atoms with Gasteiger partial charge in [0, 0.05) is 31.0 Å². The van der Waals surface area contributed by atoms with Crippen molar-refractivity contribution in [3.05, 3.63) is 12.4 Å². The highest BCUT2D eigenvalue weighted by Gasteiger charge is 2.22. The Labute approximate surface area is 84.7 Å². The molecule has 2 atom stereocenters. The molecule has 2 unspecified atom stereocenters. The summed E-state index contributed by atoms with van der Waals surface area (Å²) in [6, 6.07) is 1.23. The standard InChI is InChI=1S/C10H18N4/c1-8-7-9(3-6-14(8)2)13-10-11-4-5-12-10/h4-5,8-9H,3,6-7H2,1-2H3,(H2,11,12,13). The molecule has 78 valence electrons. The van der Waals surface area contributed by atoms with E-state index in [1.165, 1.54) is 19.4 Å². The lowest BCUT2D eigenvalue weighted by atomic mass is 9.99. The lowest BCUT2D eigenvalue weighted by Crippen LogP contribution is -2.42. The number of rotatable bonds is 2. The first-order chi connectivity index (χ1) is 6.75. The zero-order chi connectivity index (χ0) is 9.97. The van der Waals surface area contributed by atoms with Crippen molar-refractivity contribution >= 4 is 5.95 Å². The Balaban J connectivity index is 1.88. The zero-order valence-electron chi connectivity index (χ0n) is 8.83. The van der Waals surface area contributed by atoms with E-state index in [-0.39, 0.29) is 0 Å². The van der Waals surface area contributed by atoms with E-state index in [0.717, 1.165) is 5.95 Å². The first-order valence-electron chi connectivity index (χ1n) is 5.22. The van der Waals surface area contributed by atoms with Crippen LogP contribution in [0.15, 0.2) is 12.4 Å². The van der Waals surface area contributed by atoms with Gasteiger partial charge >= 0.3 is 0 Å². The van der Waals surface area contributed by atoms with Gasteiger partial charge in [0.1, 0.15) is 0 Å². The van der Waals surface area contributed by atoms with Crippen molar-refractivity contribution in [3.63, 3.8) is 0 Å². The van der Waals surface area contributed by atoms with Crippen molar-refractivity contribution < 1.29 is 0 Å². The number of nitrogens with zero attached hydrogens (tertiary/aromatic N) is 2. The minimum absolute atomic E-state index is 0.562. The topological polar surface area (TPSA) is 44.0 Å². The number of aromatic amines is 1. The second-order valence-corrected chi connectivity index (χ2v) is 4.13. The van der Waals surface area contributed by atoms with Crippen LogP contribution in [0.4, 0.5) is 5.95 Å². The maximum atomic E-state index is 4.17. The summed E-state index contributed by atoms with van der Waals surface area (Å²) >= 11 is 0. The highest BCUT2D eigenvalue weighted by atomic mass is 15.2. The summed E-state index contributed by atoms with van der Waals surface area (Å²) in [7, 11) is 2.19. The number of piperidine rings is 1. The largest absolute Gasteiger partial charge is 0.353 e. The molecule has 0 spiro atoms. The molecule has 1 aromatic rings. The molecule has 1 aliphatic rings. The van der Waals surface area contributed by atoms with Crippen LogP contribution in [0.25, 0.3) is 0 Å². The Morgan fingerprint density at radius 2 is 2.50 bits per heavy atom. The normalized spacial score (nSPS) is 29.0. The van der Waals surface area contributed by atoms with Crippen molar-refractivity contribution in [2.45, 2.75) is 31.8 Å². The monoisotopic (exact) mass is 194 g/mol. The molecule has 0 aliphatic carbocycles. The van der Waals surface area contributed by atoms with E-state index in [1.807, 2.05) is 6.20 Å². The van der Waals surface area contributed by atoms with Gasteiger partial charge in [0.25, 0.3) is 0 Å².